The highest BCUT2D eigenvalue weighted by Crippen LogP contribution is 2.34. The quantitative estimate of drug-likeness (QED) is 0.190. The van der Waals surface area contributed by atoms with Gasteiger partial charge < -0.3 is 5.32 Å². The second kappa shape index (κ2) is 10.6. The molecule has 1 heterocycles. The van der Waals surface area contributed by atoms with Crippen LogP contribution in [0.2, 0.25) is 0 Å². The molecule has 0 aliphatic heterocycles. The highest BCUT2D eigenvalue weighted by atomic mass is 32.1. The van der Waals surface area contributed by atoms with Gasteiger partial charge in [0.1, 0.15) is 0 Å². The van der Waals surface area contributed by atoms with E-state index in [0.29, 0.717) is 16.9 Å². The average molecular weight is 509 g/mol. The number of aromatic nitrogens is 1. The number of nitrogens with one attached hydrogen (secondary N) is 1. The number of allylic oxidation sites excluding steroid dienone is 4. The van der Waals surface area contributed by atoms with E-state index < -0.39 is 29.9 Å². The fourth-order valence-electron chi connectivity index (χ4n) is 3.33. The summed E-state index contributed by atoms with van der Waals surface area (Å²) in [6.45, 7) is 5.20. The number of anilines is 1. The average Bonchev–Trinajstić information content (AvgIpc) is 2.78. The molecule has 1 N–H and O–H groups in total. The molecule has 9 heteroatoms. The normalized spacial score (nSPS) is 13.3. The van der Waals surface area contributed by atoms with E-state index in [9.17, 15) is 26.3 Å². The van der Waals surface area contributed by atoms with Crippen LogP contribution in [0.1, 0.15) is 24.6 Å². The zero-order valence-corrected chi connectivity index (χ0v) is 19.5. The largest absolute Gasteiger partial charge is 0.416 e. The molecule has 0 radical (unpaired) electrons. The first-order valence-electron chi connectivity index (χ1n) is 10.6. The third kappa shape index (κ3) is 6.91. The number of alkyl halides is 6. The number of halogens is 6. The topological polar surface area (TPSA) is 24.9 Å². The predicted octanol–water partition coefficient (Wildman–Crippen LogP) is 8.54. The van der Waals surface area contributed by atoms with Crippen molar-refractivity contribution in [3.05, 3.63) is 95.7 Å². The number of fused-ring (bicyclic) bond motifs is 1. The molecular formula is C26H22F6N2S. The van der Waals surface area contributed by atoms with Crippen LogP contribution in [0.3, 0.4) is 0 Å². The molecule has 0 atom stereocenters. The Labute approximate surface area is 204 Å². The maximum atomic E-state index is 13.3. The number of hydrogen-bond acceptors (Lipinski definition) is 3. The maximum absolute atomic E-state index is 13.3. The van der Waals surface area contributed by atoms with Crippen LogP contribution in [0, 0.1) is 0 Å². The fraction of sp³-hybridized carbons (Fsp3) is 0.192. The molecule has 35 heavy (non-hydrogen) atoms. The summed E-state index contributed by atoms with van der Waals surface area (Å²) in [5.41, 5.74) is 0.436. The molecule has 0 saturated heterocycles. The van der Waals surface area contributed by atoms with E-state index >= 15 is 0 Å². The van der Waals surface area contributed by atoms with E-state index in [0.717, 1.165) is 34.5 Å². The van der Waals surface area contributed by atoms with Crippen molar-refractivity contribution in [3.8, 4) is 0 Å². The lowest BCUT2D eigenvalue weighted by Crippen LogP contribution is -2.16. The van der Waals surface area contributed by atoms with E-state index in [2.05, 4.69) is 29.5 Å². The summed E-state index contributed by atoms with van der Waals surface area (Å²) in [6.07, 6.45) is -9.69. The van der Waals surface area contributed by atoms with Crippen molar-refractivity contribution in [1.82, 2.24) is 4.98 Å². The fourth-order valence-corrected chi connectivity index (χ4v) is 3.54. The van der Waals surface area contributed by atoms with Crippen molar-refractivity contribution in [2.45, 2.75) is 37.0 Å². The van der Waals surface area contributed by atoms with Crippen LogP contribution in [0.15, 0.2) is 89.4 Å². The van der Waals surface area contributed by atoms with Gasteiger partial charge in [0.05, 0.1) is 16.8 Å². The minimum Gasteiger partial charge on any atom is -0.355 e. The number of hydrogen-bond donors (Lipinski definition) is 2. The molecule has 0 spiro atoms. The molecule has 0 amide bonds. The monoisotopic (exact) mass is 508 g/mol. The number of rotatable bonds is 7. The Kier molecular flexibility index (Phi) is 8.00. The lowest BCUT2D eigenvalue weighted by Gasteiger charge is -2.13. The van der Waals surface area contributed by atoms with Crippen LogP contribution in [-0.2, 0) is 6.42 Å². The summed E-state index contributed by atoms with van der Waals surface area (Å²) in [4.78, 5) is 5.11. The summed E-state index contributed by atoms with van der Waals surface area (Å²) >= 11 is 4.40. The maximum Gasteiger partial charge on any atom is 0.416 e. The van der Waals surface area contributed by atoms with Crippen LogP contribution in [0.4, 0.5) is 32.0 Å². The van der Waals surface area contributed by atoms with Crippen molar-refractivity contribution in [3.63, 3.8) is 0 Å². The molecule has 184 valence electrons. The van der Waals surface area contributed by atoms with E-state index in [1.807, 2.05) is 30.3 Å². The molecule has 0 fully saturated rings. The van der Waals surface area contributed by atoms with Gasteiger partial charge in [0.15, 0.2) is 0 Å². The molecule has 3 aromatic rings. The Hall–Kier alpha value is -3.20. The summed E-state index contributed by atoms with van der Waals surface area (Å²) in [5.74, 6) is 0. The smallest absolute Gasteiger partial charge is 0.355 e. The van der Waals surface area contributed by atoms with Crippen molar-refractivity contribution < 1.29 is 26.3 Å². The SMILES string of the molecule is C=C(Nc1ccccc1S)c1ccc2nc(C/C=C(\C=C(/CC)C(F)(F)F)C(F)(F)F)ccc2c1. The Balaban J connectivity index is 1.84. The number of nitrogens with zero attached hydrogens (tertiary/aromatic N) is 1. The van der Waals surface area contributed by atoms with Gasteiger partial charge in [0, 0.05) is 33.7 Å². The third-order valence-corrected chi connectivity index (χ3v) is 5.61. The predicted molar refractivity (Wildman–Crippen MR) is 130 cm³/mol. The molecule has 0 unspecified atom stereocenters. The molecule has 0 saturated carbocycles. The van der Waals surface area contributed by atoms with Crippen molar-refractivity contribution in [2.24, 2.45) is 0 Å². The first-order chi connectivity index (χ1) is 16.4. The molecule has 2 aromatic carbocycles. The number of benzene rings is 2. The first kappa shape index (κ1) is 26.4. The van der Waals surface area contributed by atoms with Gasteiger partial charge in [-0.05, 0) is 48.4 Å². The highest BCUT2D eigenvalue weighted by Gasteiger charge is 2.37. The van der Waals surface area contributed by atoms with Crippen LogP contribution >= 0.6 is 12.6 Å². The standard InChI is InChI=1S/C26H22F6N2S/c1-3-19(25(27,28)29)15-20(26(30,31)32)10-12-21-11-8-18-14-17(9-13-22(18)34-21)16(2)33-23-6-4-5-7-24(23)35/h4-11,13-15,33,35H,2-3,12H2,1H3/b19-15+,20-10+. The summed E-state index contributed by atoms with van der Waals surface area (Å²) in [6, 6.07) is 16.0. The van der Waals surface area contributed by atoms with Crippen molar-refractivity contribution in [2.75, 3.05) is 5.32 Å². The molecular weight excluding hydrogens is 486 g/mol. The molecule has 1 aromatic heterocycles. The second-order valence-electron chi connectivity index (χ2n) is 7.71. The number of para-hydroxylation sites is 1. The van der Waals surface area contributed by atoms with Gasteiger partial charge in [-0.15, -0.1) is 12.6 Å². The Morgan fingerprint density at radius 2 is 1.71 bits per heavy atom. The zero-order valence-electron chi connectivity index (χ0n) is 18.6. The third-order valence-electron chi connectivity index (χ3n) is 5.22. The van der Waals surface area contributed by atoms with Crippen LogP contribution in [0.25, 0.3) is 16.6 Å². The van der Waals surface area contributed by atoms with Gasteiger partial charge in [-0.1, -0.05) is 43.8 Å². The molecule has 0 aliphatic carbocycles. The Bertz CT molecular complexity index is 1290. The first-order valence-corrected chi connectivity index (χ1v) is 11.0. The lowest BCUT2D eigenvalue weighted by atomic mass is 10.1. The van der Waals surface area contributed by atoms with Crippen molar-refractivity contribution in [1.29, 1.82) is 0 Å². The molecule has 2 nitrogen and oxygen atoms in total. The minimum atomic E-state index is -4.92. The summed E-state index contributed by atoms with van der Waals surface area (Å²) in [7, 11) is 0. The van der Waals surface area contributed by atoms with E-state index in [4.69, 9.17) is 0 Å². The Morgan fingerprint density at radius 3 is 2.34 bits per heavy atom. The van der Waals surface area contributed by atoms with Gasteiger partial charge in [-0.25, -0.2) is 0 Å². The van der Waals surface area contributed by atoms with Gasteiger partial charge in [0.25, 0.3) is 0 Å². The van der Waals surface area contributed by atoms with E-state index in [1.165, 1.54) is 0 Å². The minimum absolute atomic E-state index is 0.162. The van der Waals surface area contributed by atoms with Gasteiger partial charge in [-0.3, -0.25) is 4.98 Å². The number of pyridine rings is 1. The van der Waals surface area contributed by atoms with Crippen LogP contribution < -0.4 is 5.32 Å². The Morgan fingerprint density at radius 1 is 1.00 bits per heavy atom. The molecule has 3 rings (SSSR count). The summed E-state index contributed by atoms with van der Waals surface area (Å²) < 4.78 is 78.9. The number of thiol groups is 1. The molecule has 0 bridgehead atoms. The second-order valence-corrected chi connectivity index (χ2v) is 8.19. The van der Waals surface area contributed by atoms with Crippen molar-refractivity contribution >= 4 is 34.9 Å². The van der Waals surface area contributed by atoms with Gasteiger partial charge in [-0.2, -0.15) is 26.3 Å². The van der Waals surface area contributed by atoms with E-state index in [1.54, 1.807) is 24.3 Å². The van der Waals surface area contributed by atoms with Gasteiger partial charge in [0.2, 0.25) is 0 Å². The summed E-state index contributed by atoms with van der Waals surface area (Å²) in [5, 5.41) is 3.92. The van der Waals surface area contributed by atoms with E-state index in [-0.39, 0.29) is 12.5 Å². The van der Waals surface area contributed by atoms with Crippen LogP contribution in [-0.4, -0.2) is 17.3 Å². The lowest BCUT2D eigenvalue weighted by molar-refractivity contribution is -0.0970. The zero-order chi connectivity index (χ0) is 25.8. The van der Waals surface area contributed by atoms with Gasteiger partial charge >= 0.3 is 12.4 Å². The molecule has 0 aliphatic rings. The highest BCUT2D eigenvalue weighted by molar-refractivity contribution is 7.80. The van der Waals surface area contributed by atoms with Crippen LogP contribution in [0.5, 0.6) is 0 Å².